The fourth-order valence-electron chi connectivity index (χ4n) is 2.71. The Balaban J connectivity index is 1.75. The van der Waals surface area contributed by atoms with Crippen molar-refractivity contribution in [3.8, 4) is 0 Å². The van der Waals surface area contributed by atoms with Gasteiger partial charge in [0.05, 0.1) is 17.5 Å². The molecule has 0 aliphatic heterocycles. The lowest BCUT2D eigenvalue weighted by Gasteiger charge is -2.11. The van der Waals surface area contributed by atoms with Gasteiger partial charge in [-0.05, 0) is 60.0 Å². The normalized spacial score (nSPS) is 10.8. The van der Waals surface area contributed by atoms with Crippen LogP contribution in [0.2, 0.25) is 0 Å². The molecule has 30 heavy (non-hydrogen) atoms. The van der Waals surface area contributed by atoms with Crippen LogP contribution in [-0.4, -0.2) is 18.0 Å². The standard InChI is InChI=1S/C23H19BrFN3O2/c1-2-15-6-8-17(9-7-15)22(29)27-21-11-10-18(24)13-20(21)23(30)28-26-14-16-4-3-5-19(25)12-16/h3-14H,2H2,1H3,(H,27,29)(H,28,30). The van der Waals surface area contributed by atoms with E-state index in [2.05, 4.69) is 31.8 Å². The summed E-state index contributed by atoms with van der Waals surface area (Å²) in [5, 5.41) is 6.63. The monoisotopic (exact) mass is 467 g/mol. The largest absolute Gasteiger partial charge is 0.321 e. The molecule has 0 aliphatic carbocycles. The number of nitrogens with one attached hydrogen (secondary N) is 2. The van der Waals surface area contributed by atoms with Crippen LogP contribution in [0.4, 0.5) is 10.1 Å². The molecule has 0 fully saturated rings. The Hall–Kier alpha value is -3.32. The minimum Gasteiger partial charge on any atom is -0.321 e. The third-order valence-electron chi connectivity index (χ3n) is 4.33. The van der Waals surface area contributed by atoms with Gasteiger partial charge in [0.25, 0.3) is 11.8 Å². The molecule has 0 aromatic heterocycles. The smallest absolute Gasteiger partial charge is 0.273 e. The summed E-state index contributed by atoms with van der Waals surface area (Å²) in [6.45, 7) is 2.04. The average molecular weight is 468 g/mol. The predicted molar refractivity (Wildman–Crippen MR) is 119 cm³/mol. The highest BCUT2D eigenvalue weighted by Crippen LogP contribution is 2.22. The van der Waals surface area contributed by atoms with Crippen molar-refractivity contribution < 1.29 is 14.0 Å². The second kappa shape index (κ2) is 9.93. The second-order valence-corrected chi connectivity index (χ2v) is 7.36. The maximum atomic E-state index is 13.2. The Labute approximate surface area is 182 Å². The minimum atomic E-state index is -0.513. The lowest BCUT2D eigenvalue weighted by Crippen LogP contribution is -2.21. The molecule has 0 heterocycles. The van der Waals surface area contributed by atoms with E-state index in [4.69, 9.17) is 0 Å². The number of hydrogen-bond donors (Lipinski definition) is 2. The summed E-state index contributed by atoms with van der Waals surface area (Å²) in [5.74, 6) is -1.23. The van der Waals surface area contributed by atoms with E-state index in [-0.39, 0.29) is 11.5 Å². The molecule has 5 nitrogen and oxygen atoms in total. The molecule has 3 aromatic rings. The average Bonchev–Trinajstić information content (AvgIpc) is 2.75. The number of benzene rings is 3. The van der Waals surface area contributed by atoms with Crippen LogP contribution in [0, 0.1) is 5.82 Å². The van der Waals surface area contributed by atoms with Gasteiger partial charge < -0.3 is 5.32 Å². The Morgan fingerprint density at radius 2 is 1.80 bits per heavy atom. The lowest BCUT2D eigenvalue weighted by atomic mass is 10.1. The second-order valence-electron chi connectivity index (χ2n) is 6.45. The maximum Gasteiger partial charge on any atom is 0.273 e. The quantitative estimate of drug-likeness (QED) is 0.387. The topological polar surface area (TPSA) is 70.6 Å². The van der Waals surface area contributed by atoms with Crippen LogP contribution in [-0.2, 0) is 6.42 Å². The summed E-state index contributed by atoms with van der Waals surface area (Å²) in [6.07, 6.45) is 2.22. The third kappa shape index (κ3) is 5.61. The number of rotatable bonds is 6. The molecule has 0 unspecified atom stereocenters. The molecule has 0 saturated carbocycles. The maximum absolute atomic E-state index is 13.2. The zero-order valence-electron chi connectivity index (χ0n) is 16.2. The summed E-state index contributed by atoms with van der Waals surface area (Å²) < 4.78 is 13.9. The summed E-state index contributed by atoms with van der Waals surface area (Å²) in [6, 6.07) is 18.1. The van der Waals surface area contributed by atoms with Gasteiger partial charge in [0.1, 0.15) is 5.82 Å². The van der Waals surface area contributed by atoms with E-state index < -0.39 is 11.7 Å². The van der Waals surface area contributed by atoms with E-state index in [1.807, 2.05) is 19.1 Å². The Morgan fingerprint density at radius 1 is 1.03 bits per heavy atom. The summed E-state index contributed by atoms with van der Waals surface area (Å²) >= 11 is 3.33. The van der Waals surface area contributed by atoms with Gasteiger partial charge in [0.2, 0.25) is 0 Å². The van der Waals surface area contributed by atoms with Gasteiger partial charge in [0, 0.05) is 10.0 Å². The highest BCUT2D eigenvalue weighted by molar-refractivity contribution is 9.10. The predicted octanol–water partition coefficient (Wildman–Crippen LogP) is 5.17. The molecule has 3 aromatic carbocycles. The van der Waals surface area contributed by atoms with Crippen LogP contribution in [0.25, 0.3) is 0 Å². The number of nitrogens with zero attached hydrogens (tertiary/aromatic N) is 1. The van der Waals surface area contributed by atoms with E-state index in [0.29, 0.717) is 21.3 Å². The first-order valence-corrected chi connectivity index (χ1v) is 10.0. The molecule has 0 radical (unpaired) electrons. The van der Waals surface area contributed by atoms with Crippen molar-refractivity contribution in [3.63, 3.8) is 0 Å². The first-order chi connectivity index (χ1) is 14.5. The summed E-state index contributed by atoms with van der Waals surface area (Å²) in [7, 11) is 0. The SMILES string of the molecule is CCc1ccc(C(=O)Nc2ccc(Br)cc2C(=O)NN=Cc2cccc(F)c2)cc1. The van der Waals surface area contributed by atoms with Crippen LogP contribution < -0.4 is 10.7 Å². The van der Waals surface area contributed by atoms with E-state index >= 15 is 0 Å². The van der Waals surface area contributed by atoms with E-state index in [9.17, 15) is 14.0 Å². The molecule has 0 spiro atoms. The molecular formula is C23H19BrFN3O2. The zero-order valence-corrected chi connectivity index (χ0v) is 17.7. The van der Waals surface area contributed by atoms with Crippen molar-refractivity contribution in [3.05, 3.63) is 99.3 Å². The van der Waals surface area contributed by atoms with Crippen LogP contribution >= 0.6 is 15.9 Å². The van der Waals surface area contributed by atoms with Gasteiger partial charge in [-0.15, -0.1) is 0 Å². The van der Waals surface area contributed by atoms with Crippen molar-refractivity contribution >= 4 is 39.6 Å². The highest BCUT2D eigenvalue weighted by Gasteiger charge is 2.15. The first-order valence-electron chi connectivity index (χ1n) is 9.25. The van der Waals surface area contributed by atoms with Crippen LogP contribution in [0.15, 0.2) is 76.3 Å². The van der Waals surface area contributed by atoms with Gasteiger partial charge in [-0.2, -0.15) is 5.10 Å². The lowest BCUT2D eigenvalue weighted by molar-refractivity contribution is 0.0956. The first kappa shape index (κ1) is 21.4. The zero-order chi connectivity index (χ0) is 21.5. The molecule has 3 rings (SSSR count). The van der Waals surface area contributed by atoms with E-state index in [1.165, 1.54) is 18.3 Å². The van der Waals surface area contributed by atoms with Crippen molar-refractivity contribution in [2.45, 2.75) is 13.3 Å². The number of carbonyl (C=O) groups is 2. The van der Waals surface area contributed by atoms with Gasteiger partial charge in [-0.1, -0.05) is 47.1 Å². The fraction of sp³-hybridized carbons (Fsp3) is 0.0870. The number of anilines is 1. The number of hydrogen-bond acceptors (Lipinski definition) is 3. The molecule has 152 valence electrons. The Morgan fingerprint density at radius 3 is 2.50 bits per heavy atom. The van der Waals surface area contributed by atoms with Crippen molar-refractivity contribution in [1.29, 1.82) is 0 Å². The van der Waals surface area contributed by atoms with E-state index in [1.54, 1.807) is 42.5 Å². The molecule has 0 saturated heterocycles. The van der Waals surface area contributed by atoms with Crippen molar-refractivity contribution in [1.82, 2.24) is 5.43 Å². The molecular weight excluding hydrogens is 449 g/mol. The number of halogens is 2. The molecule has 2 N–H and O–H groups in total. The van der Waals surface area contributed by atoms with Gasteiger partial charge in [-0.3, -0.25) is 9.59 Å². The van der Waals surface area contributed by atoms with E-state index in [0.717, 1.165) is 12.0 Å². The highest BCUT2D eigenvalue weighted by atomic mass is 79.9. The van der Waals surface area contributed by atoms with Gasteiger partial charge in [-0.25, -0.2) is 9.82 Å². The van der Waals surface area contributed by atoms with Crippen LogP contribution in [0.5, 0.6) is 0 Å². The van der Waals surface area contributed by atoms with Crippen LogP contribution in [0.1, 0.15) is 38.8 Å². The summed E-state index contributed by atoms with van der Waals surface area (Å²) in [5.41, 5.74) is 5.11. The fourth-order valence-corrected chi connectivity index (χ4v) is 3.07. The number of amides is 2. The molecule has 0 aliphatic rings. The molecule has 2 amide bonds. The summed E-state index contributed by atoms with van der Waals surface area (Å²) in [4.78, 5) is 25.2. The van der Waals surface area contributed by atoms with Crippen LogP contribution in [0.3, 0.4) is 0 Å². The third-order valence-corrected chi connectivity index (χ3v) is 4.82. The number of aryl methyl sites for hydroxylation is 1. The molecule has 7 heteroatoms. The minimum absolute atomic E-state index is 0.235. The Bertz CT molecular complexity index is 1100. The number of hydrazone groups is 1. The Kier molecular flexibility index (Phi) is 7.08. The molecule has 0 atom stereocenters. The number of carbonyl (C=O) groups excluding carboxylic acids is 2. The van der Waals surface area contributed by atoms with Crippen molar-refractivity contribution in [2.75, 3.05) is 5.32 Å². The van der Waals surface area contributed by atoms with Gasteiger partial charge in [0.15, 0.2) is 0 Å². The van der Waals surface area contributed by atoms with Gasteiger partial charge >= 0.3 is 0 Å². The van der Waals surface area contributed by atoms with Crippen molar-refractivity contribution in [2.24, 2.45) is 5.10 Å². The molecule has 0 bridgehead atoms.